The average molecular weight is 374 g/mol. The first kappa shape index (κ1) is 13.0. The Hall–Kier alpha value is -1.43. The normalized spacial score (nSPS) is 13.4. The van der Waals surface area contributed by atoms with Gasteiger partial charge in [0.1, 0.15) is 23.2 Å². The third-order valence-electron chi connectivity index (χ3n) is 3.83. The molecule has 0 unspecified atom stereocenters. The Morgan fingerprint density at radius 3 is 1.23 bits per heavy atom. The van der Waals surface area contributed by atoms with E-state index >= 15 is 0 Å². The minimum Gasteiger partial charge on any atom is -1.00 e. The van der Waals surface area contributed by atoms with Crippen molar-refractivity contribution in [2.75, 3.05) is 6.16 Å². The van der Waals surface area contributed by atoms with Crippen LogP contribution in [0.3, 0.4) is 0 Å². The lowest BCUT2D eigenvalue weighted by Crippen LogP contribution is -3.00. The predicted octanol–water partition coefficient (Wildman–Crippen LogP) is 1.00. The lowest BCUT2D eigenvalue weighted by molar-refractivity contribution is -0.00000409. The Balaban J connectivity index is 0.00000225. The van der Waals surface area contributed by atoms with Crippen molar-refractivity contribution in [1.29, 1.82) is 0 Å². The lowest BCUT2D eigenvalue weighted by atomic mass is 10.4. The maximum absolute atomic E-state index is 8.00. The Labute approximate surface area is 148 Å². The van der Waals surface area contributed by atoms with Crippen LogP contribution in [0.15, 0.2) is 91.0 Å². The third-order valence-corrected chi connectivity index (χ3v) is 7.84. The lowest BCUT2D eigenvalue weighted by Gasteiger charge is -2.26. The molecule has 0 aromatic heterocycles. The molecule has 2 heteroatoms. The van der Waals surface area contributed by atoms with Gasteiger partial charge in [0, 0.05) is 4.11 Å². The summed E-state index contributed by atoms with van der Waals surface area (Å²) in [5.41, 5.74) is 0. The van der Waals surface area contributed by atoms with Crippen LogP contribution in [0.2, 0.25) is 0 Å². The van der Waals surface area contributed by atoms with Crippen molar-refractivity contribution in [2.45, 2.75) is 6.85 Å². The molecule has 0 radical (unpaired) electrons. The second-order valence-corrected chi connectivity index (χ2v) is 8.46. The van der Waals surface area contributed by atoms with Gasteiger partial charge in [-0.05, 0) is 43.3 Å². The summed E-state index contributed by atoms with van der Waals surface area (Å²) < 4.78 is 24.0. The maximum atomic E-state index is 8.00. The zero-order valence-corrected chi connectivity index (χ0v) is 14.7. The number of hydrogen-bond acceptors (Lipinski definition) is 0. The van der Waals surface area contributed by atoms with Gasteiger partial charge in [0.15, 0.2) is 0 Å². The Bertz CT molecular complexity index is 678. The molecule has 22 heavy (non-hydrogen) atoms. The van der Waals surface area contributed by atoms with E-state index in [0.29, 0.717) is 0 Å². The van der Waals surface area contributed by atoms with E-state index < -0.39 is 14.1 Å². The quantitative estimate of drug-likeness (QED) is 0.598. The molecule has 0 atom stereocenters. The second kappa shape index (κ2) is 7.72. The molecule has 3 aromatic rings. The highest BCUT2D eigenvalue weighted by molar-refractivity contribution is 7.95. The number of benzene rings is 3. The van der Waals surface area contributed by atoms with Crippen molar-refractivity contribution in [3.63, 3.8) is 0 Å². The fourth-order valence-corrected chi connectivity index (χ4v) is 6.25. The van der Waals surface area contributed by atoms with Crippen molar-refractivity contribution >= 4 is 23.2 Å². The highest BCUT2D eigenvalue weighted by atomic mass is 79.9. The summed E-state index contributed by atoms with van der Waals surface area (Å²) in [6, 6.07) is 30.3. The smallest absolute Gasteiger partial charge is 0.111 e. The standard InChI is InChI=1S/C20H20P.BrH/c1-2-21(18-12-6-3-7-13-18,19-14-8-4-9-15-19)20-16-10-5-11-17-20;/h3-17H,2H2,1H3;1H/q+1;/p-1/i1D3;. The maximum Gasteiger partial charge on any atom is 0.111 e. The molecule has 0 saturated heterocycles. The number of hydrogen-bond donors (Lipinski definition) is 0. The molecule has 3 aromatic carbocycles. The second-order valence-electron chi connectivity index (χ2n) is 4.97. The van der Waals surface area contributed by atoms with Crippen LogP contribution in [0.1, 0.15) is 11.0 Å². The fraction of sp³-hybridized carbons (Fsp3) is 0.100. The van der Waals surface area contributed by atoms with Crippen molar-refractivity contribution in [3.8, 4) is 0 Å². The summed E-state index contributed by atoms with van der Waals surface area (Å²) in [6.07, 6.45) is 0.165. The minimum absolute atomic E-state index is 0. The Kier molecular flexibility index (Phi) is 4.58. The monoisotopic (exact) mass is 373 g/mol. The molecule has 0 bridgehead atoms. The summed E-state index contributed by atoms with van der Waals surface area (Å²) in [5.74, 6) is 0. The van der Waals surface area contributed by atoms with E-state index in [1.165, 1.54) is 0 Å². The molecule has 0 aliphatic rings. The molecule has 0 saturated carbocycles. The molecular weight excluding hydrogens is 351 g/mol. The zero-order chi connectivity index (χ0) is 17.0. The van der Waals surface area contributed by atoms with Gasteiger partial charge in [-0.3, -0.25) is 0 Å². The molecule has 0 fully saturated rings. The summed E-state index contributed by atoms with van der Waals surface area (Å²) in [6.45, 7) is -2.00. The van der Waals surface area contributed by atoms with E-state index in [4.69, 9.17) is 4.11 Å². The SMILES string of the molecule is [2H]C([2H])([2H])C[P+](c1ccccc1)(c1ccccc1)c1ccccc1.[Br-]. The molecule has 0 spiro atoms. The predicted molar refractivity (Wildman–Crippen MR) is 95.7 cm³/mol. The van der Waals surface area contributed by atoms with Crippen LogP contribution in [0.5, 0.6) is 0 Å². The number of rotatable bonds is 4. The number of halogens is 1. The van der Waals surface area contributed by atoms with Gasteiger partial charge in [0.05, 0.1) is 6.16 Å². The van der Waals surface area contributed by atoms with Crippen molar-refractivity contribution in [1.82, 2.24) is 0 Å². The fourth-order valence-electron chi connectivity index (χ4n) is 2.77. The summed E-state index contributed by atoms with van der Waals surface area (Å²) in [4.78, 5) is 0. The van der Waals surface area contributed by atoms with E-state index in [-0.39, 0.29) is 23.1 Å². The van der Waals surface area contributed by atoms with E-state index in [9.17, 15) is 0 Å². The first-order chi connectivity index (χ1) is 11.5. The Morgan fingerprint density at radius 1 is 0.636 bits per heavy atom. The molecule has 0 amide bonds. The summed E-state index contributed by atoms with van der Waals surface area (Å²) in [7, 11) is -2.24. The molecule has 0 aliphatic carbocycles. The van der Waals surface area contributed by atoms with Crippen LogP contribution < -0.4 is 32.9 Å². The average Bonchev–Trinajstić information content (AvgIpc) is 2.61. The zero-order valence-electron chi connectivity index (χ0n) is 15.2. The van der Waals surface area contributed by atoms with Gasteiger partial charge in [-0.25, -0.2) is 0 Å². The van der Waals surface area contributed by atoms with Gasteiger partial charge < -0.3 is 17.0 Å². The highest BCUT2D eigenvalue weighted by Gasteiger charge is 2.43. The molecule has 112 valence electrons. The van der Waals surface area contributed by atoms with Crippen LogP contribution >= 0.6 is 7.26 Å². The van der Waals surface area contributed by atoms with Crippen LogP contribution in [-0.2, 0) is 0 Å². The van der Waals surface area contributed by atoms with Gasteiger partial charge in [0.25, 0.3) is 0 Å². The van der Waals surface area contributed by atoms with E-state index in [1.807, 2.05) is 54.6 Å². The molecule has 0 aliphatic heterocycles. The van der Waals surface area contributed by atoms with Crippen LogP contribution in [0.25, 0.3) is 0 Å². The minimum atomic E-state index is -2.24. The highest BCUT2D eigenvalue weighted by Crippen LogP contribution is 2.54. The van der Waals surface area contributed by atoms with Crippen molar-refractivity contribution in [3.05, 3.63) is 91.0 Å². The van der Waals surface area contributed by atoms with E-state index in [2.05, 4.69) is 36.4 Å². The van der Waals surface area contributed by atoms with Crippen molar-refractivity contribution < 1.29 is 21.1 Å². The van der Waals surface area contributed by atoms with E-state index in [1.54, 1.807) is 0 Å². The van der Waals surface area contributed by atoms with Gasteiger partial charge in [0.2, 0.25) is 0 Å². The molecule has 0 nitrogen and oxygen atoms in total. The summed E-state index contributed by atoms with van der Waals surface area (Å²) in [5, 5.41) is 3.33. The van der Waals surface area contributed by atoms with E-state index in [0.717, 1.165) is 15.9 Å². The summed E-state index contributed by atoms with van der Waals surface area (Å²) >= 11 is 0. The topological polar surface area (TPSA) is 0 Å². The molecule has 0 heterocycles. The van der Waals surface area contributed by atoms with Crippen LogP contribution in [-0.4, -0.2) is 6.16 Å². The molecular formula is C20H20BrP. The van der Waals surface area contributed by atoms with Gasteiger partial charge in [-0.15, -0.1) is 0 Å². The largest absolute Gasteiger partial charge is 1.00 e. The van der Waals surface area contributed by atoms with Crippen LogP contribution in [0.4, 0.5) is 0 Å². The van der Waals surface area contributed by atoms with Gasteiger partial charge >= 0.3 is 0 Å². The van der Waals surface area contributed by atoms with Crippen LogP contribution in [0, 0.1) is 0 Å². The third kappa shape index (κ3) is 3.02. The van der Waals surface area contributed by atoms with Gasteiger partial charge in [-0.1, -0.05) is 54.6 Å². The Morgan fingerprint density at radius 2 is 0.955 bits per heavy atom. The first-order valence-electron chi connectivity index (χ1n) is 8.57. The van der Waals surface area contributed by atoms with Crippen molar-refractivity contribution in [2.24, 2.45) is 0 Å². The molecule has 0 N–H and O–H groups in total. The first-order valence-corrected chi connectivity index (χ1v) is 9.05. The molecule has 3 rings (SSSR count). The van der Waals surface area contributed by atoms with Gasteiger partial charge in [-0.2, -0.15) is 0 Å².